The Bertz CT molecular complexity index is 1270. The Morgan fingerprint density at radius 3 is 2.79 bits per heavy atom. The van der Waals surface area contributed by atoms with Crippen molar-refractivity contribution in [3.8, 4) is 22.8 Å². The van der Waals surface area contributed by atoms with E-state index in [-0.39, 0.29) is 17.4 Å². The number of nitrogens with zero attached hydrogens (tertiary/aromatic N) is 7. The molecule has 33 heavy (non-hydrogen) atoms. The molecule has 0 N–H and O–H groups in total. The maximum atomic E-state index is 13.5. The molecule has 0 amide bonds. The molecule has 0 unspecified atom stereocenters. The molecule has 1 aliphatic rings. The normalized spacial score (nSPS) is 16.7. The summed E-state index contributed by atoms with van der Waals surface area (Å²) in [4.78, 5) is 21.4. The molecule has 10 nitrogen and oxygen atoms in total. The highest BCUT2D eigenvalue weighted by Gasteiger charge is 2.26. The quantitative estimate of drug-likeness (QED) is 0.322. The minimum Gasteiger partial charge on any atom is -0.339 e. The van der Waals surface area contributed by atoms with Crippen LogP contribution in [0.5, 0.6) is 0 Å². The monoisotopic (exact) mass is 449 g/mol. The molecule has 168 valence electrons. The second-order valence-electron chi connectivity index (χ2n) is 7.94. The number of non-ortho nitro benzene ring substituents is 1. The van der Waals surface area contributed by atoms with E-state index in [0.717, 1.165) is 25.9 Å². The highest BCUT2D eigenvalue weighted by atomic mass is 19.1. The molecule has 0 spiro atoms. The van der Waals surface area contributed by atoms with E-state index in [1.807, 2.05) is 0 Å². The first-order valence-electron chi connectivity index (χ1n) is 10.5. The van der Waals surface area contributed by atoms with Crippen LogP contribution in [0.1, 0.15) is 24.7 Å². The SMILES string of the molecule is O=[N+]([O-])c1ccc(-c2ncn(CN3CCC[C@@H](c4nc(-c5cccc(F)c5)no4)C3)n2)cc1. The summed E-state index contributed by atoms with van der Waals surface area (Å²) in [6, 6.07) is 12.3. The van der Waals surface area contributed by atoms with Crippen LogP contribution in [0.25, 0.3) is 22.8 Å². The van der Waals surface area contributed by atoms with E-state index in [9.17, 15) is 14.5 Å². The van der Waals surface area contributed by atoms with Gasteiger partial charge in [0.1, 0.15) is 12.1 Å². The summed E-state index contributed by atoms with van der Waals surface area (Å²) >= 11 is 0. The molecule has 5 rings (SSSR count). The van der Waals surface area contributed by atoms with Gasteiger partial charge in [-0.15, -0.1) is 5.10 Å². The standard InChI is InChI=1S/C22H20FN7O3/c23-18-5-1-3-16(11-18)21-25-22(33-27-21)17-4-2-10-28(12-17)14-29-13-24-20(26-29)15-6-8-19(9-7-15)30(31)32/h1,3,5-9,11,13,17H,2,4,10,12,14H2/t17-/m1/s1. The number of hydrogen-bond acceptors (Lipinski definition) is 8. The average molecular weight is 449 g/mol. The van der Waals surface area contributed by atoms with Crippen LogP contribution in [0.3, 0.4) is 0 Å². The lowest BCUT2D eigenvalue weighted by atomic mass is 9.98. The maximum absolute atomic E-state index is 13.5. The number of rotatable bonds is 6. The van der Waals surface area contributed by atoms with Crippen molar-refractivity contribution < 1.29 is 13.8 Å². The first-order valence-corrected chi connectivity index (χ1v) is 10.5. The molecule has 1 atom stereocenters. The van der Waals surface area contributed by atoms with Crippen LogP contribution in [-0.2, 0) is 6.67 Å². The van der Waals surface area contributed by atoms with Gasteiger partial charge in [-0.3, -0.25) is 15.0 Å². The summed E-state index contributed by atoms with van der Waals surface area (Å²) in [7, 11) is 0. The van der Waals surface area contributed by atoms with E-state index in [0.29, 0.717) is 35.3 Å². The molecule has 0 saturated carbocycles. The Labute approximate surface area is 187 Å². The Morgan fingerprint density at radius 2 is 2.00 bits per heavy atom. The molecule has 2 aromatic carbocycles. The van der Waals surface area contributed by atoms with Crippen LogP contribution >= 0.6 is 0 Å². The summed E-state index contributed by atoms with van der Waals surface area (Å²) in [5.74, 6) is 1.17. The minimum atomic E-state index is -0.437. The lowest BCUT2D eigenvalue weighted by molar-refractivity contribution is -0.384. The molecule has 0 radical (unpaired) electrons. The molecule has 4 aromatic rings. The average Bonchev–Trinajstić information content (AvgIpc) is 3.50. The summed E-state index contributed by atoms with van der Waals surface area (Å²) in [6.07, 6.45) is 3.54. The highest BCUT2D eigenvalue weighted by Crippen LogP contribution is 2.28. The largest absolute Gasteiger partial charge is 0.339 e. The molecule has 1 fully saturated rings. The molecule has 0 bridgehead atoms. The van der Waals surface area contributed by atoms with Crippen LogP contribution < -0.4 is 0 Å². The van der Waals surface area contributed by atoms with E-state index in [1.165, 1.54) is 24.3 Å². The topological polar surface area (TPSA) is 116 Å². The van der Waals surface area contributed by atoms with Gasteiger partial charge in [0, 0.05) is 29.8 Å². The number of halogens is 1. The number of hydrogen-bond donors (Lipinski definition) is 0. The predicted molar refractivity (Wildman–Crippen MR) is 115 cm³/mol. The molecule has 2 aromatic heterocycles. The van der Waals surface area contributed by atoms with Gasteiger partial charge in [0.25, 0.3) is 5.69 Å². The van der Waals surface area contributed by atoms with Crippen LogP contribution in [0.15, 0.2) is 59.4 Å². The second-order valence-corrected chi connectivity index (χ2v) is 7.94. The number of likely N-dealkylation sites (tertiary alicyclic amines) is 1. The van der Waals surface area contributed by atoms with Gasteiger partial charge in [0.2, 0.25) is 11.7 Å². The summed E-state index contributed by atoms with van der Waals surface area (Å²) in [5.41, 5.74) is 1.32. The van der Waals surface area contributed by atoms with E-state index in [2.05, 4.69) is 25.1 Å². The van der Waals surface area contributed by atoms with E-state index >= 15 is 0 Å². The van der Waals surface area contributed by atoms with Crippen molar-refractivity contribution >= 4 is 5.69 Å². The summed E-state index contributed by atoms with van der Waals surface area (Å²) < 4.78 is 20.7. The third-order valence-electron chi connectivity index (χ3n) is 5.60. The minimum absolute atomic E-state index is 0.0270. The van der Waals surface area contributed by atoms with Gasteiger partial charge in [0.05, 0.1) is 17.5 Å². The fourth-order valence-corrected chi connectivity index (χ4v) is 3.96. The molecule has 1 saturated heterocycles. The fraction of sp³-hybridized carbons (Fsp3) is 0.273. The highest BCUT2D eigenvalue weighted by molar-refractivity contribution is 5.56. The van der Waals surface area contributed by atoms with E-state index in [4.69, 9.17) is 4.52 Å². The van der Waals surface area contributed by atoms with Crippen molar-refractivity contribution in [3.05, 3.63) is 76.7 Å². The van der Waals surface area contributed by atoms with Crippen molar-refractivity contribution in [2.45, 2.75) is 25.4 Å². The van der Waals surface area contributed by atoms with Crippen LogP contribution in [0.4, 0.5) is 10.1 Å². The third kappa shape index (κ3) is 4.62. The molecular weight excluding hydrogens is 429 g/mol. The van der Waals surface area contributed by atoms with Crippen molar-refractivity contribution in [1.82, 2.24) is 29.8 Å². The van der Waals surface area contributed by atoms with E-state index < -0.39 is 4.92 Å². The Morgan fingerprint density at radius 1 is 1.15 bits per heavy atom. The zero-order valence-corrected chi connectivity index (χ0v) is 17.5. The van der Waals surface area contributed by atoms with Crippen LogP contribution in [-0.4, -0.2) is 47.8 Å². The van der Waals surface area contributed by atoms with Gasteiger partial charge in [-0.1, -0.05) is 17.3 Å². The Hall–Kier alpha value is -3.99. The number of benzene rings is 2. The lowest BCUT2D eigenvalue weighted by Crippen LogP contribution is -2.36. The molecule has 11 heteroatoms. The Kier molecular flexibility index (Phi) is 5.61. The van der Waals surface area contributed by atoms with Crippen molar-refractivity contribution in [2.24, 2.45) is 0 Å². The van der Waals surface area contributed by atoms with Gasteiger partial charge < -0.3 is 4.52 Å². The number of aromatic nitrogens is 5. The number of piperidine rings is 1. The second kappa shape index (κ2) is 8.87. The predicted octanol–water partition coefficient (Wildman–Crippen LogP) is 3.88. The Balaban J connectivity index is 1.24. The fourth-order valence-electron chi connectivity index (χ4n) is 3.96. The van der Waals surface area contributed by atoms with Crippen LogP contribution in [0.2, 0.25) is 0 Å². The van der Waals surface area contributed by atoms with Crippen molar-refractivity contribution in [3.63, 3.8) is 0 Å². The maximum Gasteiger partial charge on any atom is 0.269 e. The molecule has 3 heterocycles. The number of nitro groups is 1. The molecule has 0 aliphatic carbocycles. The molecular formula is C22H20FN7O3. The van der Waals surface area contributed by atoms with E-state index in [1.54, 1.807) is 35.3 Å². The first-order chi connectivity index (χ1) is 16.0. The summed E-state index contributed by atoms with van der Waals surface area (Å²) in [6.45, 7) is 2.16. The van der Waals surface area contributed by atoms with Gasteiger partial charge in [-0.2, -0.15) is 4.98 Å². The van der Waals surface area contributed by atoms with Gasteiger partial charge >= 0.3 is 0 Å². The summed E-state index contributed by atoms with van der Waals surface area (Å²) in [5, 5.41) is 19.4. The van der Waals surface area contributed by atoms with Gasteiger partial charge in [-0.25, -0.2) is 14.1 Å². The van der Waals surface area contributed by atoms with Gasteiger partial charge in [0.15, 0.2) is 5.82 Å². The van der Waals surface area contributed by atoms with Crippen molar-refractivity contribution in [2.75, 3.05) is 13.1 Å². The lowest BCUT2D eigenvalue weighted by Gasteiger charge is -2.30. The zero-order chi connectivity index (χ0) is 22.8. The smallest absolute Gasteiger partial charge is 0.269 e. The van der Waals surface area contributed by atoms with Crippen LogP contribution in [0, 0.1) is 15.9 Å². The first kappa shape index (κ1) is 20.9. The third-order valence-corrected chi connectivity index (χ3v) is 5.60. The van der Waals surface area contributed by atoms with Gasteiger partial charge in [-0.05, 0) is 43.7 Å². The number of nitro benzene ring substituents is 1. The zero-order valence-electron chi connectivity index (χ0n) is 17.5. The molecule has 1 aliphatic heterocycles. The van der Waals surface area contributed by atoms with Crippen molar-refractivity contribution in [1.29, 1.82) is 0 Å².